The summed E-state index contributed by atoms with van der Waals surface area (Å²) in [6.07, 6.45) is 3.50. The van der Waals surface area contributed by atoms with Gasteiger partial charge in [-0.1, -0.05) is 30.8 Å². The zero-order valence-electron chi connectivity index (χ0n) is 24.2. The minimum absolute atomic E-state index is 0.00777. The number of carbonyl (C=O) groups excluding carboxylic acids is 1. The Morgan fingerprint density at radius 3 is 2.73 bits per heavy atom. The molecule has 2 N–H and O–H groups in total. The van der Waals surface area contributed by atoms with Gasteiger partial charge in [-0.2, -0.15) is 9.97 Å². The molecule has 2 aliphatic rings. The number of anilines is 2. The first kappa shape index (κ1) is 29.1. The van der Waals surface area contributed by atoms with Crippen LogP contribution in [-0.2, 0) is 4.79 Å². The number of benzene rings is 1. The Morgan fingerprint density at radius 1 is 1.16 bits per heavy atom. The molecule has 1 aromatic carbocycles. The SMILES string of the molecule is [C-]#[N+]C[C@H]1CN(c2nc(OC[C@@H]3CCCN3C)nc3c(F)c(-c4nc(N)cc5ccccc45)ncc23)CCN1C(=O)C(=C)F. The molecule has 44 heavy (non-hydrogen) atoms. The summed E-state index contributed by atoms with van der Waals surface area (Å²) in [5.74, 6) is -2.08. The number of aromatic nitrogens is 4. The number of carbonyl (C=O) groups is 1. The van der Waals surface area contributed by atoms with E-state index in [-0.39, 0.29) is 61.0 Å². The predicted molar refractivity (Wildman–Crippen MR) is 163 cm³/mol. The van der Waals surface area contributed by atoms with Crippen molar-refractivity contribution in [2.45, 2.75) is 24.9 Å². The number of likely N-dealkylation sites (N-methyl/N-ethyl adjacent to an activating group) is 1. The molecule has 11 nitrogen and oxygen atoms in total. The monoisotopic (exact) mass is 599 g/mol. The molecule has 0 saturated carbocycles. The molecule has 0 unspecified atom stereocenters. The van der Waals surface area contributed by atoms with Crippen LogP contribution in [0.25, 0.3) is 37.9 Å². The first-order valence-corrected chi connectivity index (χ1v) is 14.3. The molecule has 6 rings (SSSR count). The second-order valence-electron chi connectivity index (χ2n) is 11.1. The van der Waals surface area contributed by atoms with Crippen molar-refractivity contribution in [2.24, 2.45) is 0 Å². The normalized spacial score (nSPS) is 19.0. The molecule has 0 radical (unpaired) electrons. The largest absolute Gasteiger partial charge is 0.462 e. The predicted octanol–water partition coefficient (Wildman–Crippen LogP) is 3.85. The topological polar surface area (TPSA) is 118 Å². The number of likely N-dealkylation sites (tertiary alicyclic amines) is 1. The summed E-state index contributed by atoms with van der Waals surface area (Å²) in [6.45, 7) is 12.3. The third-order valence-corrected chi connectivity index (χ3v) is 8.28. The molecule has 226 valence electrons. The van der Waals surface area contributed by atoms with Gasteiger partial charge >= 0.3 is 6.01 Å². The van der Waals surface area contributed by atoms with Crippen LogP contribution in [-0.4, -0.2) is 94.1 Å². The Kier molecular flexibility index (Phi) is 7.92. The number of fused-ring (bicyclic) bond motifs is 2. The van der Waals surface area contributed by atoms with Crippen LogP contribution in [0.4, 0.5) is 20.4 Å². The van der Waals surface area contributed by atoms with Crippen LogP contribution >= 0.6 is 0 Å². The van der Waals surface area contributed by atoms with Gasteiger partial charge < -0.3 is 30.0 Å². The van der Waals surface area contributed by atoms with Gasteiger partial charge in [0.25, 0.3) is 5.91 Å². The van der Waals surface area contributed by atoms with Crippen LogP contribution in [0.1, 0.15) is 12.8 Å². The fourth-order valence-corrected chi connectivity index (χ4v) is 5.99. The fraction of sp³-hybridized carbons (Fsp3) is 0.355. The van der Waals surface area contributed by atoms with E-state index in [1.54, 1.807) is 6.07 Å². The number of rotatable bonds is 7. The Bertz CT molecular complexity index is 1810. The smallest absolute Gasteiger partial charge is 0.319 e. The fourth-order valence-electron chi connectivity index (χ4n) is 5.99. The molecule has 2 aliphatic heterocycles. The minimum Gasteiger partial charge on any atom is -0.462 e. The Morgan fingerprint density at radius 2 is 1.98 bits per heavy atom. The number of amides is 1. The molecule has 2 fully saturated rings. The van der Waals surface area contributed by atoms with E-state index < -0.39 is 23.6 Å². The van der Waals surface area contributed by atoms with E-state index in [9.17, 15) is 9.18 Å². The molecule has 2 saturated heterocycles. The summed E-state index contributed by atoms with van der Waals surface area (Å²) in [6, 6.07) is 8.62. The molecule has 3 aromatic heterocycles. The lowest BCUT2D eigenvalue weighted by Crippen LogP contribution is -2.56. The number of nitrogen functional groups attached to an aromatic ring is 1. The van der Waals surface area contributed by atoms with Gasteiger partial charge in [0.1, 0.15) is 41.2 Å². The van der Waals surface area contributed by atoms with Crippen molar-refractivity contribution >= 4 is 39.2 Å². The lowest BCUT2D eigenvalue weighted by Gasteiger charge is -2.39. The molecular formula is C31H31F2N9O2. The van der Waals surface area contributed by atoms with Crippen LogP contribution < -0.4 is 15.4 Å². The number of piperazine rings is 1. The van der Waals surface area contributed by atoms with Crippen LogP contribution in [0.2, 0.25) is 0 Å². The minimum atomic E-state index is -1.09. The summed E-state index contributed by atoms with van der Waals surface area (Å²) in [4.78, 5) is 39.3. The van der Waals surface area contributed by atoms with Crippen LogP contribution in [0, 0.1) is 12.4 Å². The summed E-state index contributed by atoms with van der Waals surface area (Å²) in [5, 5.41) is 1.79. The number of nitrogens with two attached hydrogens (primary N) is 1. The maximum Gasteiger partial charge on any atom is 0.319 e. The highest BCUT2D eigenvalue weighted by Crippen LogP contribution is 2.35. The van der Waals surface area contributed by atoms with E-state index in [0.717, 1.165) is 24.8 Å². The van der Waals surface area contributed by atoms with Gasteiger partial charge in [0.15, 0.2) is 11.6 Å². The standard InChI is InChI=1S/C31H31F2N9O2/c1-18(32)30(43)42-12-11-41(16-21(42)14-35-2)29-23-15-36-28(27-22-9-5-4-7-19(22)13-24(34)37-27)25(33)26(23)38-31(39-29)44-17-20-8-6-10-40(20)3/h4-5,7,9,13,15,20-21H,1,6,8,10-12,14,16-17H2,3H3,(H2,34,37)/t20-,21-/m0/s1. The van der Waals surface area contributed by atoms with Crippen molar-refractivity contribution in [3.63, 3.8) is 0 Å². The average Bonchev–Trinajstić information content (AvgIpc) is 3.43. The first-order chi connectivity index (χ1) is 21.2. The van der Waals surface area contributed by atoms with Crippen molar-refractivity contribution in [1.82, 2.24) is 29.7 Å². The lowest BCUT2D eigenvalue weighted by atomic mass is 10.1. The zero-order chi connectivity index (χ0) is 31.0. The summed E-state index contributed by atoms with van der Waals surface area (Å²) < 4.78 is 36.4. The van der Waals surface area contributed by atoms with Crippen molar-refractivity contribution in [2.75, 3.05) is 57.0 Å². The van der Waals surface area contributed by atoms with Crippen molar-refractivity contribution < 1.29 is 18.3 Å². The molecule has 0 spiro atoms. The maximum absolute atomic E-state index is 16.5. The van der Waals surface area contributed by atoms with Crippen molar-refractivity contribution in [3.05, 3.63) is 66.2 Å². The molecule has 0 aliphatic carbocycles. The number of pyridine rings is 2. The maximum atomic E-state index is 16.5. The summed E-state index contributed by atoms with van der Waals surface area (Å²) in [5.41, 5.74) is 6.33. The lowest BCUT2D eigenvalue weighted by molar-refractivity contribution is -0.131. The van der Waals surface area contributed by atoms with Gasteiger partial charge in [-0.15, -0.1) is 0 Å². The van der Waals surface area contributed by atoms with Crippen molar-refractivity contribution in [1.29, 1.82) is 0 Å². The second kappa shape index (κ2) is 12.0. The Hall–Kier alpha value is -4.96. The number of hydrogen-bond acceptors (Lipinski definition) is 9. The summed E-state index contributed by atoms with van der Waals surface area (Å²) >= 11 is 0. The van der Waals surface area contributed by atoms with Gasteiger partial charge in [-0.05, 0) is 37.9 Å². The van der Waals surface area contributed by atoms with Gasteiger partial charge in [0, 0.05) is 37.3 Å². The second-order valence-corrected chi connectivity index (χ2v) is 11.1. The highest BCUT2D eigenvalue weighted by atomic mass is 19.1. The molecule has 2 atom stereocenters. The third kappa shape index (κ3) is 5.44. The van der Waals surface area contributed by atoms with E-state index in [1.165, 1.54) is 11.1 Å². The Balaban J connectivity index is 1.45. The van der Waals surface area contributed by atoms with Gasteiger partial charge in [0.2, 0.25) is 6.54 Å². The van der Waals surface area contributed by atoms with Crippen LogP contribution in [0.5, 0.6) is 6.01 Å². The molecule has 1 amide bonds. The highest BCUT2D eigenvalue weighted by Gasteiger charge is 2.35. The zero-order valence-corrected chi connectivity index (χ0v) is 24.2. The molecular weight excluding hydrogens is 568 g/mol. The van der Waals surface area contributed by atoms with E-state index in [1.807, 2.05) is 36.2 Å². The average molecular weight is 600 g/mol. The van der Waals surface area contributed by atoms with E-state index in [4.69, 9.17) is 17.0 Å². The molecule has 4 aromatic rings. The third-order valence-electron chi connectivity index (χ3n) is 8.28. The number of hydrogen-bond donors (Lipinski definition) is 1. The van der Waals surface area contributed by atoms with Crippen LogP contribution in [0.3, 0.4) is 0 Å². The van der Waals surface area contributed by atoms with Gasteiger partial charge in [-0.25, -0.2) is 20.3 Å². The van der Waals surface area contributed by atoms with Crippen LogP contribution in [0.15, 0.2) is 48.9 Å². The van der Waals surface area contributed by atoms with E-state index in [2.05, 4.69) is 36.3 Å². The Labute approximate surface area is 252 Å². The number of halogens is 2. The van der Waals surface area contributed by atoms with E-state index >= 15 is 4.39 Å². The molecule has 13 heteroatoms. The van der Waals surface area contributed by atoms with E-state index in [0.29, 0.717) is 23.2 Å². The van der Waals surface area contributed by atoms with Gasteiger partial charge in [-0.3, -0.25) is 9.78 Å². The number of ether oxygens (including phenoxy) is 1. The first-order valence-electron chi connectivity index (χ1n) is 14.3. The van der Waals surface area contributed by atoms with Gasteiger partial charge in [0.05, 0.1) is 5.39 Å². The molecule has 0 bridgehead atoms. The summed E-state index contributed by atoms with van der Waals surface area (Å²) in [7, 11) is 2.03. The molecule has 5 heterocycles. The quantitative estimate of drug-likeness (QED) is 0.250. The number of nitrogens with zero attached hydrogens (tertiary/aromatic N) is 8. The highest BCUT2D eigenvalue weighted by molar-refractivity contribution is 5.98. The van der Waals surface area contributed by atoms with Crippen molar-refractivity contribution in [3.8, 4) is 17.4 Å².